The van der Waals surface area contributed by atoms with E-state index in [-0.39, 0.29) is 0 Å². The van der Waals surface area contributed by atoms with E-state index in [9.17, 15) is 5.11 Å². The summed E-state index contributed by atoms with van der Waals surface area (Å²) in [6, 6.07) is 7.50. The van der Waals surface area contributed by atoms with E-state index in [1.807, 2.05) is 31.2 Å². The first-order valence-electron chi connectivity index (χ1n) is 6.80. The highest BCUT2D eigenvalue weighted by Crippen LogP contribution is 2.32. The summed E-state index contributed by atoms with van der Waals surface area (Å²) in [5.41, 5.74) is 1.84. The van der Waals surface area contributed by atoms with Gasteiger partial charge in [-0.15, -0.1) is 0 Å². The summed E-state index contributed by atoms with van der Waals surface area (Å²) in [5.74, 6) is 1.45. The van der Waals surface area contributed by atoms with Crippen LogP contribution in [0.1, 0.15) is 23.8 Å². The van der Waals surface area contributed by atoms with Crippen LogP contribution in [0.3, 0.4) is 0 Å². The average molecular weight is 274 g/mol. The topological polar surface area (TPSA) is 56.5 Å². The fourth-order valence-corrected chi connectivity index (χ4v) is 2.25. The minimum absolute atomic E-state index is 0.429. The van der Waals surface area contributed by atoms with Crippen LogP contribution in [0.15, 0.2) is 30.5 Å². The number of benzene rings is 1. The van der Waals surface area contributed by atoms with Crippen LogP contribution in [-0.4, -0.2) is 28.1 Å². The first-order valence-corrected chi connectivity index (χ1v) is 6.80. The molecule has 0 saturated carbocycles. The van der Waals surface area contributed by atoms with Gasteiger partial charge in [0.2, 0.25) is 0 Å². The van der Waals surface area contributed by atoms with Crippen LogP contribution in [0.4, 0.5) is 0 Å². The number of hydrogen-bond acceptors (Lipinski definition) is 4. The van der Waals surface area contributed by atoms with Crippen molar-refractivity contribution in [3.63, 3.8) is 0 Å². The molecule has 0 bridgehead atoms. The van der Waals surface area contributed by atoms with Crippen LogP contribution in [0.5, 0.6) is 11.5 Å². The molecule has 1 N–H and O–H groups in total. The lowest BCUT2D eigenvalue weighted by atomic mass is 10.1. The zero-order valence-electron chi connectivity index (χ0n) is 11.5. The second-order valence-electron chi connectivity index (χ2n) is 4.93. The predicted octanol–water partition coefficient (Wildman–Crippen LogP) is 2.09. The molecule has 0 spiro atoms. The molecular weight excluding hydrogens is 256 g/mol. The van der Waals surface area contributed by atoms with Crippen LogP contribution in [0, 0.1) is 6.92 Å². The van der Waals surface area contributed by atoms with Crippen LogP contribution < -0.4 is 9.47 Å². The van der Waals surface area contributed by atoms with Crippen molar-refractivity contribution >= 4 is 0 Å². The molecule has 5 heteroatoms. The van der Waals surface area contributed by atoms with E-state index in [2.05, 4.69) is 5.10 Å². The van der Waals surface area contributed by atoms with Gasteiger partial charge in [-0.3, -0.25) is 4.68 Å². The Morgan fingerprint density at radius 2 is 2.05 bits per heavy atom. The van der Waals surface area contributed by atoms with Gasteiger partial charge in [0, 0.05) is 18.3 Å². The molecule has 0 fully saturated rings. The van der Waals surface area contributed by atoms with Gasteiger partial charge in [0.05, 0.1) is 25.9 Å². The van der Waals surface area contributed by atoms with Gasteiger partial charge in [0.15, 0.2) is 11.5 Å². The van der Waals surface area contributed by atoms with Gasteiger partial charge in [0.1, 0.15) is 0 Å². The maximum Gasteiger partial charge on any atom is 0.161 e. The molecule has 20 heavy (non-hydrogen) atoms. The van der Waals surface area contributed by atoms with Crippen molar-refractivity contribution < 1.29 is 14.6 Å². The van der Waals surface area contributed by atoms with Gasteiger partial charge in [-0.05, 0) is 30.7 Å². The molecule has 0 saturated heterocycles. The summed E-state index contributed by atoms with van der Waals surface area (Å²) >= 11 is 0. The first kappa shape index (κ1) is 13.0. The molecule has 1 aliphatic heterocycles. The summed E-state index contributed by atoms with van der Waals surface area (Å²) in [6.07, 6.45) is 1.99. The first-order chi connectivity index (χ1) is 9.74. The van der Waals surface area contributed by atoms with Crippen molar-refractivity contribution in [2.24, 2.45) is 0 Å². The number of nitrogens with zero attached hydrogens (tertiary/aromatic N) is 2. The van der Waals surface area contributed by atoms with Crippen LogP contribution in [-0.2, 0) is 6.54 Å². The Morgan fingerprint density at radius 3 is 2.80 bits per heavy atom. The Hall–Kier alpha value is -2.01. The standard InChI is InChI=1S/C15H18N2O3/c1-11-5-6-16-17(11)10-13(18)12-3-4-14-15(9-12)20-8-2-7-19-14/h3-6,9,13,18H,2,7-8,10H2,1H3. The molecule has 1 aliphatic rings. The molecule has 106 valence electrons. The smallest absolute Gasteiger partial charge is 0.161 e. The largest absolute Gasteiger partial charge is 0.490 e. The van der Waals surface area contributed by atoms with Crippen molar-refractivity contribution in [2.45, 2.75) is 26.0 Å². The van der Waals surface area contributed by atoms with Crippen molar-refractivity contribution in [3.8, 4) is 11.5 Å². The van der Waals surface area contributed by atoms with Crippen LogP contribution >= 0.6 is 0 Å². The molecule has 1 aromatic heterocycles. The monoisotopic (exact) mass is 274 g/mol. The molecule has 0 amide bonds. The molecule has 2 aromatic rings. The molecule has 1 aromatic carbocycles. The number of hydrogen-bond donors (Lipinski definition) is 1. The molecule has 3 rings (SSSR count). The van der Waals surface area contributed by atoms with E-state index < -0.39 is 6.10 Å². The quantitative estimate of drug-likeness (QED) is 0.931. The lowest BCUT2D eigenvalue weighted by Crippen LogP contribution is -2.11. The Balaban J connectivity index is 1.80. The molecule has 0 aliphatic carbocycles. The van der Waals surface area contributed by atoms with Gasteiger partial charge in [-0.2, -0.15) is 5.10 Å². The summed E-state index contributed by atoms with van der Waals surface area (Å²) in [6.45, 7) is 3.71. The van der Waals surface area contributed by atoms with E-state index >= 15 is 0 Å². The summed E-state index contributed by atoms with van der Waals surface area (Å²) in [4.78, 5) is 0. The second kappa shape index (κ2) is 5.54. The number of fused-ring (bicyclic) bond motifs is 1. The maximum absolute atomic E-state index is 10.3. The third kappa shape index (κ3) is 2.63. The number of aliphatic hydroxyl groups excluding tert-OH is 1. The van der Waals surface area contributed by atoms with E-state index in [4.69, 9.17) is 9.47 Å². The number of aliphatic hydroxyl groups is 1. The number of aromatic nitrogens is 2. The molecule has 0 radical (unpaired) electrons. The SMILES string of the molecule is Cc1ccnn1CC(O)c1ccc2c(c1)OCCCO2. The van der Waals surface area contributed by atoms with Gasteiger partial charge in [-0.25, -0.2) is 0 Å². The fraction of sp³-hybridized carbons (Fsp3) is 0.400. The lowest BCUT2D eigenvalue weighted by molar-refractivity contribution is 0.150. The zero-order valence-corrected chi connectivity index (χ0v) is 11.5. The Kier molecular flexibility index (Phi) is 3.60. The highest BCUT2D eigenvalue weighted by atomic mass is 16.5. The zero-order chi connectivity index (χ0) is 13.9. The third-order valence-electron chi connectivity index (χ3n) is 3.43. The highest BCUT2D eigenvalue weighted by molar-refractivity contribution is 5.44. The number of rotatable bonds is 3. The third-order valence-corrected chi connectivity index (χ3v) is 3.43. The van der Waals surface area contributed by atoms with E-state index in [1.165, 1.54) is 0 Å². The van der Waals surface area contributed by atoms with Crippen molar-refractivity contribution in [3.05, 3.63) is 41.7 Å². The summed E-state index contributed by atoms with van der Waals surface area (Å²) in [5, 5.41) is 14.5. The van der Waals surface area contributed by atoms with E-state index in [0.29, 0.717) is 25.5 Å². The molecule has 1 unspecified atom stereocenters. The molecule has 5 nitrogen and oxygen atoms in total. The van der Waals surface area contributed by atoms with Crippen LogP contribution in [0.25, 0.3) is 0 Å². The molecule has 1 atom stereocenters. The van der Waals surface area contributed by atoms with E-state index in [0.717, 1.165) is 23.4 Å². The van der Waals surface area contributed by atoms with Gasteiger partial charge in [-0.1, -0.05) is 6.07 Å². The molecule has 2 heterocycles. The Labute approximate surface area is 117 Å². The fourth-order valence-electron chi connectivity index (χ4n) is 2.25. The van der Waals surface area contributed by atoms with Crippen LogP contribution in [0.2, 0.25) is 0 Å². The number of aryl methyl sites for hydroxylation is 1. The Bertz CT molecular complexity index is 595. The lowest BCUT2D eigenvalue weighted by Gasteiger charge is -2.15. The van der Waals surface area contributed by atoms with Gasteiger partial charge in [0.25, 0.3) is 0 Å². The maximum atomic E-state index is 10.3. The Morgan fingerprint density at radius 1 is 1.25 bits per heavy atom. The predicted molar refractivity (Wildman–Crippen MR) is 74.0 cm³/mol. The highest BCUT2D eigenvalue weighted by Gasteiger charge is 2.15. The minimum atomic E-state index is -0.620. The summed E-state index contributed by atoms with van der Waals surface area (Å²) in [7, 11) is 0. The summed E-state index contributed by atoms with van der Waals surface area (Å²) < 4.78 is 13.0. The van der Waals surface area contributed by atoms with Crippen molar-refractivity contribution in [1.29, 1.82) is 0 Å². The average Bonchev–Trinajstić information content (AvgIpc) is 2.73. The van der Waals surface area contributed by atoms with Gasteiger partial charge < -0.3 is 14.6 Å². The van der Waals surface area contributed by atoms with Gasteiger partial charge >= 0.3 is 0 Å². The normalized spacial score (nSPS) is 15.7. The number of ether oxygens (including phenoxy) is 2. The molecular formula is C15H18N2O3. The second-order valence-corrected chi connectivity index (χ2v) is 4.93. The van der Waals surface area contributed by atoms with Crippen molar-refractivity contribution in [1.82, 2.24) is 9.78 Å². The van der Waals surface area contributed by atoms with Crippen molar-refractivity contribution in [2.75, 3.05) is 13.2 Å². The minimum Gasteiger partial charge on any atom is -0.490 e. The van der Waals surface area contributed by atoms with E-state index in [1.54, 1.807) is 10.9 Å².